The molecule has 2 aliphatic rings. The molecule has 0 aromatic heterocycles. The fourth-order valence-corrected chi connectivity index (χ4v) is 5.03. The van der Waals surface area contributed by atoms with Crippen LogP contribution in [0.3, 0.4) is 0 Å². The number of rotatable bonds is 4. The van der Waals surface area contributed by atoms with E-state index in [1.807, 2.05) is 24.3 Å². The van der Waals surface area contributed by atoms with Crippen LogP contribution in [0.25, 0.3) is 0 Å². The van der Waals surface area contributed by atoms with Crippen LogP contribution in [0.1, 0.15) is 25.3 Å². The number of benzene rings is 1. The maximum absolute atomic E-state index is 13.7. The molecular formula is C20H21ClFIOS. The lowest BCUT2D eigenvalue weighted by Crippen LogP contribution is -1.97. The molecule has 0 N–H and O–H groups in total. The quantitative estimate of drug-likeness (QED) is 0.328. The van der Waals surface area contributed by atoms with E-state index in [0.717, 1.165) is 11.3 Å². The van der Waals surface area contributed by atoms with Crippen molar-refractivity contribution in [1.82, 2.24) is 0 Å². The second-order valence-electron chi connectivity index (χ2n) is 5.39. The average Bonchev–Trinajstić information content (AvgIpc) is 2.63. The summed E-state index contributed by atoms with van der Waals surface area (Å²) in [5.41, 5.74) is 1.98. The van der Waals surface area contributed by atoms with Crippen LogP contribution < -0.4 is 0 Å². The Bertz CT molecular complexity index is 784. The van der Waals surface area contributed by atoms with Gasteiger partial charge in [0.15, 0.2) is 0 Å². The molecule has 1 aliphatic carbocycles. The fraction of sp³-hybridized carbons (Fsp3) is 0.250. The van der Waals surface area contributed by atoms with Gasteiger partial charge in [0.2, 0.25) is 0 Å². The summed E-state index contributed by atoms with van der Waals surface area (Å²) < 4.78 is 27.7. The van der Waals surface area contributed by atoms with E-state index in [4.69, 9.17) is 11.6 Å². The van der Waals surface area contributed by atoms with E-state index in [9.17, 15) is 7.46 Å². The summed E-state index contributed by atoms with van der Waals surface area (Å²) in [7, 11) is 0. The van der Waals surface area contributed by atoms with Crippen molar-refractivity contribution in [3.63, 3.8) is 0 Å². The lowest BCUT2D eigenvalue weighted by Gasteiger charge is -2.13. The first kappa shape index (κ1) is 20.5. The molecule has 0 unspecified atom stereocenters. The molecule has 1 aliphatic heterocycles. The van der Waals surface area contributed by atoms with Crippen molar-refractivity contribution in [3.8, 4) is 0 Å². The Morgan fingerprint density at radius 2 is 1.96 bits per heavy atom. The van der Waals surface area contributed by atoms with Crippen LogP contribution in [0.5, 0.6) is 0 Å². The zero-order valence-electron chi connectivity index (χ0n) is 14.1. The molecule has 1 heterocycles. The van der Waals surface area contributed by atoms with Gasteiger partial charge in [-0.3, -0.25) is 3.07 Å². The Kier molecular flexibility index (Phi) is 8.99. The Morgan fingerprint density at radius 1 is 1.20 bits per heavy atom. The largest absolute Gasteiger partial charge is 0.274 e. The minimum absolute atomic E-state index is 0.0554. The summed E-state index contributed by atoms with van der Waals surface area (Å²) in [5, 5.41) is 0.580. The van der Waals surface area contributed by atoms with Crippen molar-refractivity contribution in [2.24, 2.45) is 0 Å². The van der Waals surface area contributed by atoms with E-state index in [0.29, 0.717) is 29.2 Å². The Hall–Kier alpha value is -0.850. The first-order chi connectivity index (χ1) is 12.1. The van der Waals surface area contributed by atoms with Crippen molar-refractivity contribution in [2.45, 2.75) is 31.1 Å². The minimum atomic E-state index is -1.88. The van der Waals surface area contributed by atoms with Gasteiger partial charge in [0.25, 0.3) is 0 Å². The van der Waals surface area contributed by atoms with Crippen LogP contribution in [0.4, 0.5) is 4.39 Å². The van der Waals surface area contributed by atoms with E-state index in [1.54, 1.807) is 19.9 Å². The second kappa shape index (κ2) is 11.0. The van der Waals surface area contributed by atoms with E-state index >= 15 is 0 Å². The second-order valence-corrected chi connectivity index (χ2v) is 10.0. The first-order valence-electron chi connectivity index (χ1n) is 8.08. The van der Waals surface area contributed by atoms with E-state index < -0.39 is 19.3 Å². The van der Waals surface area contributed by atoms with Crippen LogP contribution in [0.15, 0.2) is 74.0 Å². The van der Waals surface area contributed by atoms with Crippen molar-refractivity contribution in [3.05, 3.63) is 74.6 Å². The highest BCUT2D eigenvalue weighted by Crippen LogP contribution is 2.33. The number of halogens is 3. The summed E-state index contributed by atoms with van der Waals surface area (Å²) in [6, 6.07) is 8.40. The third kappa shape index (κ3) is 7.12. The Labute approximate surface area is 165 Å². The number of aryl methyl sites for hydroxylation is 1. The Balaban J connectivity index is 0.000000269. The molecule has 1 aromatic rings. The molecular weight excluding hydrogens is 470 g/mol. The maximum atomic E-state index is 13.7. The van der Waals surface area contributed by atoms with Gasteiger partial charge < -0.3 is 0 Å². The van der Waals surface area contributed by atoms with Crippen LogP contribution in [0, 0.1) is 0 Å². The summed E-state index contributed by atoms with van der Waals surface area (Å²) in [4.78, 5) is 1.16. The SMILES string of the molecule is CCc1ccc(SCC2=C(F)CCC=C2Cl)cc1.O=I1=CC=CC=C1. The molecule has 5 heteroatoms. The molecule has 3 rings (SSSR count). The molecule has 0 fully saturated rings. The van der Waals surface area contributed by atoms with Gasteiger partial charge in [-0.1, -0.05) is 55.0 Å². The van der Waals surface area contributed by atoms with Gasteiger partial charge in [-0.15, -0.1) is 11.8 Å². The fourth-order valence-electron chi connectivity index (χ4n) is 2.19. The first-order valence-corrected chi connectivity index (χ1v) is 12.8. The summed E-state index contributed by atoms with van der Waals surface area (Å²) in [5.74, 6) is 0.548. The highest BCUT2D eigenvalue weighted by atomic mass is 127. The van der Waals surface area contributed by atoms with E-state index in [2.05, 4.69) is 31.2 Å². The van der Waals surface area contributed by atoms with Crippen LogP contribution in [-0.2, 0) is 9.49 Å². The topological polar surface area (TPSA) is 17.1 Å². The van der Waals surface area contributed by atoms with Gasteiger partial charge in [0.1, 0.15) is 25.2 Å². The summed E-state index contributed by atoms with van der Waals surface area (Å²) >= 11 is 5.79. The summed E-state index contributed by atoms with van der Waals surface area (Å²) in [6.45, 7) is 2.13. The predicted molar refractivity (Wildman–Crippen MR) is 117 cm³/mol. The third-order valence-electron chi connectivity index (χ3n) is 3.63. The zero-order chi connectivity index (χ0) is 18.1. The molecule has 0 spiro atoms. The van der Waals surface area contributed by atoms with Crippen LogP contribution in [-0.4, -0.2) is 9.76 Å². The monoisotopic (exact) mass is 490 g/mol. The van der Waals surface area contributed by atoms with Gasteiger partial charge in [0, 0.05) is 35.8 Å². The molecule has 0 atom stereocenters. The van der Waals surface area contributed by atoms with Gasteiger partial charge in [-0.05, 0) is 30.5 Å². The van der Waals surface area contributed by atoms with Gasteiger partial charge in [0.05, 0.1) is 0 Å². The lowest BCUT2D eigenvalue weighted by molar-refractivity contribution is 0.577. The lowest BCUT2D eigenvalue weighted by atomic mass is 10.1. The van der Waals surface area contributed by atoms with E-state index in [-0.39, 0.29) is 5.83 Å². The van der Waals surface area contributed by atoms with Gasteiger partial charge in [-0.25, -0.2) is 4.39 Å². The standard InChI is InChI=1S/C15H16ClFS.C5H5IO/c1-2-11-6-8-12(9-7-11)18-10-13-14(16)4-3-5-15(13)17;7-6-4-2-1-3-5-6/h4,6-9H,2-3,5,10H2,1H3;1-5H. The van der Waals surface area contributed by atoms with Gasteiger partial charge in [-0.2, -0.15) is 0 Å². The number of hydrogen-bond donors (Lipinski definition) is 0. The molecule has 0 saturated heterocycles. The highest BCUT2D eigenvalue weighted by molar-refractivity contribution is 14.2. The third-order valence-corrected chi connectivity index (χ3v) is 7.30. The maximum Gasteiger partial charge on any atom is 0.107 e. The number of hydrogen-bond acceptors (Lipinski definition) is 2. The Morgan fingerprint density at radius 3 is 2.48 bits per heavy atom. The van der Waals surface area contributed by atoms with Crippen LogP contribution in [0.2, 0.25) is 0 Å². The molecule has 1 aromatic carbocycles. The van der Waals surface area contributed by atoms with Gasteiger partial charge >= 0.3 is 0 Å². The molecule has 0 saturated carbocycles. The smallest absolute Gasteiger partial charge is 0.107 e. The number of allylic oxidation sites excluding steroid dienone is 6. The van der Waals surface area contributed by atoms with Crippen molar-refractivity contribution < 1.29 is 7.46 Å². The molecule has 0 amide bonds. The average molecular weight is 491 g/mol. The molecule has 0 bridgehead atoms. The molecule has 25 heavy (non-hydrogen) atoms. The minimum Gasteiger partial charge on any atom is -0.274 e. The molecule has 0 radical (unpaired) electrons. The zero-order valence-corrected chi connectivity index (χ0v) is 17.8. The van der Waals surface area contributed by atoms with Crippen molar-refractivity contribution in [1.29, 1.82) is 0 Å². The molecule has 134 valence electrons. The highest BCUT2D eigenvalue weighted by Gasteiger charge is 2.14. The predicted octanol–water partition coefficient (Wildman–Crippen LogP) is 7.21. The van der Waals surface area contributed by atoms with Crippen molar-refractivity contribution in [2.75, 3.05) is 5.75 Å². The van der Waals surface area contributed by atoms with Crippen molar-refractivity contribution >= 4 is 46.7 Å². The normalized spacial score (nSPS) is 16.8. The summed E-state index contributed by atoms with van der Waals surface area (Å²) in [6.07, 6.45) is 9.69. The van der Waals surface area contributed by atoms with E-state index in [1.165, 1.54) is 5.56 Å². The number of thioether (sulfide) groups is 1. The molecule has 1 nitrogen and oxygen atoms in total. The van der Waals surface area contributed by atoms with Crippen LogP contribution >= 0.6 is 42.7 Å².